The molecule has 0 spiro atoms. The predicted molar refractivity (Wildman–Crippen MR) is 95.6 cm³/mol. The smallest absolute Gasteiger partial charge is 0.333 e. The van der Waals surface area contributed by atoms with Crippen molar-refractivity contribution >= 4 is 11.9 Å². The molecule has 0 aromatic heterocycles. The minimum absolute atomic E-state index is 0.0899. The molecular formula is C20H32O4. The third-order valence-corrected chi connectivity index (χ3v) is 6.26. The Morgan fingerprint density at radius 1 is 1.33 bits per heavy atom. The number of aliphatic carboxylic acids is 1. The van der Waals surface area contributed by atoms with Crippen molar-refractivity contribution in [1.82, 2.24) is 0 Å². The van der Waals surface area contributed by atoms with Crippen LogP contribution in [0.25, 0.3) is 0 Å². The Balaban J connectivity index is 0.000000505. The van der Waals surface area contributed by atoms with Gasteiger partial charge in [0.05, 0.1) is 0 Å². The van der Waals surface area contributed by atoms with Crippen LogP contribution in [0.2, 0.25) is 0 Å². The van der Waals surface area contributed by atoms with E-state index in [4.69, 9.17) is 9.84 Å². The second-order valence-electron chi connectivity index (χ2n) is 7.75. The zero-order chi connectivity index (χ0) is 18.5. The molecule has 2 fully saturated rings. The van der Waals surface area contributed by atoms with Crippen molar-refractivity contribution < 1.29 is 19.4 Å². The topological polar surface area (TPSA) is 63.6 Å². The second-order valence-corrected chi connectivity index (χ2v) is 7.75. The van der Waals surface area contributed by atoms with E-state index >= 15 is 0 Å². The molecule has 24 heavy (non-hydrogen) atoms. The molecule has 4 nitrogen and oxygen atoms in total. The van der Waals surface area contributed by atoms with Crippen molar-refractivity contribution in [2.45, 2.75) is 72.3 Å². The third kappa shape index (κ3) is 4.08. The number of fused-ring (bicyclic) bond motifs is 2. The van der Waals surface area contributed by atoms with E-state index in [2.05, 4.69) is 40.9 Å². The van der Waals surface area contributed by atoms with Crippen LogP contribution in [0.3, 0.4) is 0 Å². The minimum atomic E-state index is -0.981. The van der Waals surface area contributed by atoms with E-state index < -0.39 is 5.97 Å². The number of unbranched alkanes of at least 4 members (excludes halogenated alkanes) is 1. The Labute approximate surface area is 146 Å². The lowest BCUT2D eigenvalue weighted by Crippen LogP contribution is -2.38. The van der Waals surface area contributed by atoms with Gasteiger partial charge in [0.1, 0.15) is 6.10 Å². The van der Waals surface area contributed by atoms with Gasteiger partial charge in [-0.2, -0.15) is 0 Å². The highest BCUT2D eigenvalue weighted by molar-refractivity contribution is 5.87. The minimum Gasteiger partial charge on any atom is -0.478 e. The molecular weight excluding hydrogens is 304 g/mol. The maximum Gasteiger partial charge on any atom is 0.333 e. The number of hydrogen-bond donors (Lipinski definition) is 1. The van der Waals surface area contributed by atoms with E-state index in [0.29, 0.717) is 16.9 Å². The lowest BCUT2D eigenvalue weighted by Gasteiger charge is -2.38. The summed E-state index contributed by atoms with van der Waals surface area (Å²) in [4.78, 5) is 21.4. The molecule has 2 rings (SSSR count). The molecule has 0 saturated heterocycles. The maximum atomic E-state index is 12.1. The fourth-order valence-corrected chi connectivity index (χ4v) is 4.01. The average Bonchev–Trinajstić information content (AvgIpc) is 2.86. The van der Waals surface area contributed by atoms with Gasteiger partial charge in [0.25, 0.3) is 0 Å². The van der Waals surface area contributed by atoms with Gasteiger partial charge in [0.2, 0.25) is 0 Å². The molecule has 2 saturated carbocycles. The largest absolute Gasteiger partial charge is 0.478 e. The molecule has 0 aromatic carbocycles. The highest BCUT2D eigenvalue weighted by Crippen LogP contribution is 2.66. The molecule has 3 atom stereocenters. The number of carbonyl (C=O) groups is 2. The van der Waals surface area contributed by atoms with Gasteiger partial charge in [0.15, 0.2) is 0 Å². The van der Waals surface area contributed by atoms with Crippen LogP contribution in [-0.4, -0.2) is 23.1 Å². The van der Waals surface area contributed by atoms with Crippen LogP contribution < -0.4 is 0 Å². The van der Waals surface area contributed by atoms with Gasteiger partial charge < -0.3 is 9.84 Å². The zero-order valence-corrected chi connectivity index (χ0v) is 15.6. The van der Waals surface area contributed by atoms with Gasteiger partial charge in [-0.3, -0.25) is 0 Å². The Bertz CT molecular complexity index is 506. The molecule has 1 unspecified atom stereocenters. The lowest BCUT2D eigenvalue weighted by atomic mass is 9.70. The van der Waals surface area contributed by atoms with Crippen LogP contribution in [0, 0.1) is 16.7 Å². The number of carboxylic acid groups (broad SMARTS) is 1. The van der Waals surface area contributed by atoms with Crippen molar-refractivity contribution in [3.8, 4) is 0 Å². The fraction of sp³-hybridized carbons (Fsp3) is 0.700. The first-order chi connectivity index (χ1) is 11.1. The number of carbonyl (C=O) groups excluding carboxylic acids is 1. The van der Waals surface area contributed by atoms with E-state index in [-0.39, 0.29) is 17.5 Å². The van der Waals surface area contributed by atoms with E-state index in [9.17, 15) is 9.59 Å². The first-order valence-electron chi connectivity index (χ1n) is 8.84. The number of carboxylic acids is 1. The summed E-state index contributed by atoms with van der Waals surface area (Å²) in [7, 11) is 0. The quantitative estimate of drug-likeness (QED) is 0.561. The summed E-state index contributed by atoms with van der Waals surface area (Å²) in [6, 6.07) is 0. The summed E-state index contributed by atoms with van der Waals surface area (Å²) in [6.45, 7) is 15.9. The van der Waals surface area contributed by atoms with Gasteiger partial charge in [-0.05, 0) is 43.4 Å². The predicted octanol–water partition coefficient (Wildman–Crippen LogP) is 4.75. The zero-order valence-electron chi connectivity index (χ0n) is 15.6. The van der Waals surface area contributed by atoms with Crippen LogP contribution in [-0.2, 0) is 14.3 Å². The Hall–Kier alpha value is -1.58. The first-order valence-corrected chi connectivity index (χ1v) is 8.84. The number of rotatable bonds is 6. The molecule has 2 bridgehead atoms. The first kappa shape index (κ1) is 20.5. The Morgan fingerprint density at radius 2 is 1.92 bits per heavy atom. The van der Waals surface area contributed by atoms with Gasteiger partial charge in [-0.1, -0.05) is 47.3 Å². The van der Waals surface area contributed by atoms with Gasteiger partial charge in [0, 0.05) is 17.1 Å². The Morgan fingerprint density at radius 3 is 2.29 bits per heavy atom. The van der Waals surface area contributed by atoms with Crippen molar-refractivity contribution in [1.29, 1.82) is 0 Å². The average molecular weight is 336 g/mol. The highest BCUT2D eigenvalue weighted by Gasteiger charge is 2.62. The third-order valence-electron chi connectivity index (χ3n) is 6.26. The normalized spacial score (nSPS) is 29.3. The summed E-state index contributed by atoms with van der Waals surface area (Å²) >= 11 is 0. The van der Waals surface area contributed by atoms with E-state index in [0.717, 1.165) is 31.8 Å². The molecule has 136 valence electrons. The van der Waals surface area contributed by atoms with E-state index in [1.54, 1.807) is 0 Å². The molecule has 0 aromatic rings. The van der Waals surface area contributed by atoms with Crippen molar-refractivity contribution in [3.05, 3.63) is 24.8 Å². The molecule has 2 aliphatic carbocycles. The fourth-order valence-electron chi connectivity index (χ4n) is 4.01. The summed E-state index contributed by atoms with van der Waals surface area (Å²) < 4.78 is 5.80. The molecule has 0 heterocycles. The molecule has 4 heteroatoms. The van der Waals surface area contributed by atoms with E-state index in [1.165, 1.54) is 12.8 Å². The van der Waals surface area contributed by atoms with Crippen molar-refractivity contribution in [2.75, 3.05) is 0 Å². The molecule has 1 N–H and O–H groups in total. The van der Waals surface area contributed by atoms with E-state index in [1.807, 2.05) is 0 Å². The van der Waals surface area contributed by atoms with Crippen LogP contribution in [0.1, 0.15) is 66.2 Å². The standard InChI is InChI=1S/C17H28O2.C3H4O2/c1-6-7-8-12(2)15(18)19-14-11-13-9-10-17(14,5)16(13,3)4;1-2-3(4)5/h13-14H,2,6-11H2,1,3-5H3;2H,1H2,(H,4,5)/t13-,14?,17-;/m1./s1. The summed E-state index contributed by atoms with van der Waals surface area (Å²) in [6.07, 6.45) is 7.31. The van der Waals surface area contributed by atoms with Crippen LogP contribution in [0.5, 0.6) is 0 Å². The SMILES string of the molecule is C=C(CCCC)C(=O)OC1C[C@H]2CC[C@@]1(C)C2(C)C.C=CC(=O)O. The summed E-state index contributed by atoms with van der Waals surface area (Å²) in [5.41, 5.74) is 1.09. The summed E-state index contributed by atoms with van der Waals surface area (Å²) in [5.74, 6) is -0.438. The molecule has 2 aliphatic rings. The van der Waals surface area contributed by atoms with Crippen LogP contribution in [0.4, 0.5) is 0 Å². The maximum absolute atomic E-state index is 12.1. The number of hydrogen-bond acceptors (Lipinski definition) is 3. The monoisotopic (exact) mass is 336 g/mol. The highest BCUT2D eigenvalue weighted by atomic mass is 16.5. The van der Waals surface area contributed by atoms with Crippen LogP contribution >= 0.6 is 0 Å². The van der Waals surface area contributed by atoms with Crippen molar-refractivity contribution in [2.24, 2.45) is 16.7 Å². The molecule has 0 amide bonds. The van der Waals surface area contributed by atoms with Crippen molar-refractivity contribution in [3.63, 3.8) is 0 Å². The second kappa shape index (κ2) is 8.00. The van der Waals surface area contributed by atoms with Gasteiger partial charge >= 0.3 is 11.9 Å². The Kier molecular flexibility index (Phi) is 6.82. The number of esters is 1. The molecule has 0 aliphatic heterocycles. The lowest BCUT2D eigenvalue weighted by molar-refractivity contribution is -0.152. The van der Waals surface area contributed by atoms with Gasteiger partial charge in [-0.15, -0.1) is 0 Å². The summed E-state index contributed by atoms with van der Waals surface area (Å²) in [5, 5.41) is 7.60. The van der Waals surface area contributed by atoms with Crippen LogP contribution in [0.15, 0.2) is 24.8 Å². The number of ether oxygens (including phenoxy) is 1. The van der Waals surface area contributed by atoms with Gasteiger partial charge in [-0.25, -0.2) is 9.59 Å². The molecule has 0 radical (unpaired) electrons.